The van der Waals surface area contributed by atoms with E-state index in [1.165, 1.54) is 55.8 Å². The van der Waals surface area contributed by atoms with Crippen LogP contribution in [0.2, 0.25) is 0 Å². The fourth-order valence-corrected chi connectivity index (χ4v) is 10.4. The standard InChI is InChI=1S/C66H58N4O.Pt/c1-41(2)55-36-48(45-21-11-9-12-22-45)37-56(42(3)4)63(55)54-28-20-34-67-66(54)69-60-30-17-15-27-52(60)53-33-32-51(40-62(53)69)71-50-26-19-25-47(35-50)65-68-59-29-16-18-31-61(59)70(65)64-57(43(5)6)38-49(39-58(64)44(7)8)46-23-13-10-14-24-46;/h9-34,36-39,41-44H,1-8H3;/q-2;+2. The van der Waals surface area contributed by atoms with Gasteiger partial charge in [0.05, 0.1) is 16.9 Å². The van der Waals surface area contributed by atoms with Gasteiger partial charge in [-0.2, -0.15) is 6.07 Å². The smallest absolute Gasteiger partial charge is 0.503 e. The van der Waals surface area contributed by atoms with Crippen LogP contribution in [0.15, 0.2) is 182 Å². The molecule has 11 aromatic rings. The van der Waals surface area contributed by atoms with Crippen LogP contribution in [0.25, 0.3) is 89.1 Å². The van der Waals surface area contributed by atoms with Crippen LogP contribution in [0.5, 0.6) is 11.5 Å². The molecule has 0 amide bonds. The van der Waals surface area contributed by atoms with Gasteiger partial charge in [-0.15, -0.1) is 41.3 Å². The third-order valence-electron chi connectivity index (χ3n) is 13.9. The van der Waals surface area contributed by atoms with Gasteiger partial charge in [0.25, 0.3) is 0 Å². The minimum atomic E-state index is 0. The fraction of sp³-hybridized carbons (Fsp3) is 0.182. The molecule has 358 valence electrons. The van der Waals surface area contributed by atoms with Crippen LogP contribution in [0, 0.1) is 12.1 Å². The van der Waals surface area contributed by atoms with Gasteiger partial charge in [-0.25, -0.2) is 4.98 Å². The van der Waals surface area contributed by atoms with Gasteiger partial charge in [-0.05, 0) is 122 Å². The van der Waals surface area contributed by atoms with E-state index in [0.717, 1.165) is 55.6 Å². The molecule has 0 N–H and O–H groups in total. The molecule has 0 aliphatic rings. The molecule has 0 aliphatic heterocycles. The summed E-state index contributed by atoms with van der Waals surface area (Å²) < 4.78 is 11.5. The predicted molar refractivity (Wildman–Crippen MR) is 295 cm³/mol. The number of aromatic nitrogens is 4. The second-order valence-electron chi connectivity index (χ2n) is 20.0. The third-order valence-corrected chi connectivity index (χ3v) is 13.9. The molecule has 0 aliphatic carbocycles. The van der Waals surface area contributed by atoms with Gasteiger partial charge in [0.1, 0.15) is 5.82 Å². The van der Waals surface area contributed by atoms with Crippen LogP contribution in [0.3, 0.4) is 0 Å². The minimum absolute atomic E-state index is 0. The van der Waals surface area contributed by atoms with E-state index in [9.17, 15) is 0 Å². The summed E-state index contributed by atoms with van der Waals surface area (Å²) in [5.74, 6) is 3.85. The average Bonchev–Trinajstić information content (AvgIpc) is 3.94. The van der Waals surface area contributed by atoms with Crippen molar-refractivity contribution in [3.05, 3.63) is 217 Å². The van der Waals surface area contributed by atoms with Crippen molar-refractivity contribution in [1.82, 2.24) is 19.1 Å². The Morgan fingerprint density at radius 3 is 1.64 bits per heavy atom. The number of para-hydroxylation sites is 3. The van der Waals surface area contributed by atoms with Crippen LogP contribution in [-0.4, -0.2) is 19.1 Å². The van der Waals surface area contributed by atoms with E-state index in [2.05, 4.69) is 234 Å². The number of ether oxygens (including phenoxy) is 1. The first kappa shape index (κ1) is 48.3. The maximum Gasteiger partial charge on any atom is 2.00 e. The van der Waals surface area contributed by atoms with Crippen molar-refractivity contribution in [1.29, 1.82) is 0 Å². The van der Waals surface area contributed by atoms with Crippen LogP contribution >= 0.6 is 0 Å². The first-order chi connectivity index (χ1) is 34.5. The summed E-state index contributed by atoms with van der Waals surface area (Å²) in [6.07, 6.45) is 1.90. The molecule has 0 unspecified atom stereocenters. The van der Waals surface area contributed by atoms with Crippen molar-refractivity contribution < 1.29 is 25.8 Å². The summed E-state index contributed by atoms with van der Waals surface area (Å²) in [4.78, 5) is 10.6. The van der Waals surface area contributed by atoms with E-state index < -0.39 is 0 Å². The van der Waals surface area contributed by atoms with Crippen molar-refractivity contribution in [3.8, 4) is 67.8 Å². The molecule has 3 heterocycles. The summed E-state index contributed by atoms with van der Waals surface area (Å²) >= 11 is 0. The molecule has 0 bridgehead atoms. The molecule has 8 aromatic carbocycles. The van der Waals surface area contributed by atoms with E-state index in [1.807, 2.05) is 24.4 Å². The summed E-state index contributed by atoms with van der Waals surface area (Å²) in [5.41, 5.74) is 18.3. The molecule has 0 atom stereocenters. The van der Waals surface area contributed by atoms with Crippen molar-refractivity contribution in [3.63, 3.8) is 0 Å². The number of hydrogen-bond donors (Lipinski definition) is 0. The van der Waals surface area contributed by atoms with Crippen LogP contribution < -0.4 is 4.74 Å². The molecular weight excluding hydrogens is 1060 g/mol. The minimum Gasteiger partial charge on any atom is -0.503 e. The zero-order valence-electron chi connectivity index (χ0n) is 42.1. The Balaban J connectivity index is 0.00000596. The Bertz CT molecular complexity index is 3690. The molecule has 3 aromatic heterocycles. The van der Waals surface area contributed by atoms with Gasteiger partial charge in [0.2, 0.25) is 0 Å². The zero-order valence-corrected chi connectivity index (χ0v) is 44.4. The van der Waals surface area contributed by atoms with Gasteiger partial charge < -0.3 is 13.9 Å². The van der Waals surface area contributed by atoms with Crippen molar-refractivity contribution >= 4 is 32.8 Å². The molecule has 6 heteroatoms. The Morgan fingerprint density at radius 1 is 0.458 bits per heavy atom. The Kier molecular flexibility index (Phi) is 13.5. The molecular formula is C66H58N4OPt. The zero-order chi connectivity index (χ0) is 48.9. The fourth-order valence-electron chi connectivity index (χ4n) is 10.4. The van der Waals surface area contributed by atoms with Crippen molar-refractivity contribution in [2.24, 2.45) is 0 Å². The Labute approximate surface area is 438 Å². The van der Waals surface area contributed by atoms with Gasteiger partial charge in [0, 0.05) is 34.5 Å². The van der Waals surface area contributed by atoms with Gasteiger partial charge >= 0.3 is 21.1 Å². The Hall–Kier alpha value is -7.33. The second kappa shape index (κ2) is 20.1. The van der Waals surface area contributed by atoms with E-state index in [0.29, 0.717) is 11.5 Å². The predicted octanol–water partition coefficient (Wildman–Crippen LogP) is 18.1. The molecule has 72 heavy (non-hydrogen) atoms. The van der Waals surface area contributed by atoms with E-state index in [-0.39, 0.29) is 44.7 Å². The van der Waals surface area contributed by atoms with E-state index in [1.54, 1.807) is 0 Å². The van der Waals surface area contributed by atoms with Crippen molar-refractivity contribution in [2.75, 3.05) is 0 Å². The third kappa shape index (κ3) is 8.79. The van der Waals surface area contributed by atoms with E-state index in [4.69, 9.17) is 14.7 Å². The van der Waals surface area contributed by atoms with Gasteiger partial charge in [-0.3, -0.25) is 4.98 Å². The normalized spacial score (nSPS) is 11.7. The van der Waals surface area contributed by atoms with Gasteiger partial charge in [0.15, 0.2) is 0 Å². The second-order valence-corrected chi connectivity index (χ2v) is 20.0. The molecule has 0 saturated carbocycles. The van der Waals surface area contributed by atoms with E-state index >= 15 is 0 Å². The van der Waals surface area contributed by atoms with Crippen LogP contribution in [0.1, 0.15) is 101 Å². The number of rotatable bonds is 12. The van der Waals surface area contributed by atoms with Gasteiger partial charge in [-0.1, -0.05) is 170 Å². The monoisotopic (exact) mass is 1120 g/mol. The topological polar surface area (TPSA) is 44.9 Å². The first-order valence-corrected chi connectivity index (χ1v) is 25.1. The van der Waals surface area contributed by atoms with Crippen molar-refractivity contribution in [2.45, 2.75) is 79.1 Å². The molecule has 0 spiro atoms. The van der Waals surface area contributed by atoms with Crippen LogP contribution in [-0.2, 0) is 21.1 Å². The first-order valence-electron chi connectivity index (χ1n) is 25.1. The summed E-state index contributed by atoms with van der Waals surface area (Å²) in [7, 11) is 0. The number of imidazole rings is 1. The maximum atomic E-state index is 6.83. The quantitative estimate of drug-likeness (QED) is 0.115. The maximum absolute atomic E-state index is 6.83. The number of pyridine rings is 1. The largest absolute Gasteiger partial charge is 2.00 e. The molecule has 0 fully saturated rings. The van der Waals surface area contributed by atoms with Crippen LogP contribution in [0.4, 0.5) is 0 Å². The molecule has 0 saturated heterocycles. The average molecular weight is 1120 g/mol. The summed E-state index contributed by atoms with van der Waals surface area (Å²) in [5, 5.41) is 2.20. The number of nitrogens with zero attached hydrogens (tertiary/aromatic N) is 4. The number of hydrogen-bond acceptors (Lipinski definition) is 3. The molecule has 0 radical (unpaired) electrons. The summed E-state index contributed by atoms with van der Waals surface area (Å²) in [6.45, 7) is 18.3. The summed E-state index contributed by atoms with van der Waals surface area (Å²) in [6, 6.07) is 69.9. The Morgan fingerprint density at radius 2 is 1.01 bits per heavy atom. The molecule has 11 rings (SSSR count). The SMILES string of the molecule is CC(C)c1cc(-c2ccccc2)cc(C(C)C)c1-c1cccnc1-n1c2[c-]c(Oc3[c-]c(-c4nc5ccccc5n4-c4c(C(C)C)cc(-c5ccccc5)cc4C(C)C)ccc3)ccc2c2ccccc21.[Pt+2]. The number of fused-ring (bicyclic) bond motifs is 4. The molecule has 5 nitrogen and oxygen atoms in total. The number of benzene rings is 8.